The Balaban J connectivity index is 2.59. The number of rotatable bonds is 5. The van der Waals surface area contributed by atoms with Crippen LogP contribution >= 0.6 is 15.9 Å². The number of nitro groups is 1. The maximum atomic E-state index is 10.5. The fourth-order valence-corrected chi connectivity index (χ4v) is 1.73. The number of nitrogens with zero attached hydrogens (tertiary/aromatic N) is 4. The molecule has 0 bridgehead atoms. The molecule has 1 N–H and O–H groups in total. The van der Waals surface area contributed by atoms with E-state index in [0.29, 0.717) is 17.2 Å². The monoisotopic (exact) mass is 319 g/mol. The minimum absolute atomic E-state index is 0.0554. The van der Waals surface area contributed by atoms with Gasteiger partial charge in [-0.2, -0.15) is 4.68 Å². The molecular weight excluding hydrogens is 302 g/mol. The Morgan fingerprint density at radius 1 is 1.56 bits per heavy atom. The van der Waals surface area contributed by atoms with Crippen molar-refractivity contribution >= 4 is 21.9 Å². The molecule has 1 aromatic rings. The molecule has 0 aliphatic heterocycles. The van der Waals surface area contributed by atoms with Crippen LogP contribution in [0.5, 0.6) is 0 Å². The highest BCUT2D eigenvalue weighted by atomic mass is 79.9. The van der Waals surface area contributed by atoms with E-state index >= 15 is 0 Å². The molecule has 0 amide bonds. The van der Waals surface area contributed by atoms with Gasteiger partial charge in [0.1, 0.15) is 0 Å². The minimum Gasteiger partial charge on any atom is -0.390 e. The third kappa shape index (κ3) is 4.69. The molecule has 0 saturated heterocycles. The molecule has 1 heterocycles. The lowest BCUT2D eigenvalue weighted by atomic mass is 10.1. The number of hydrogen-bond acceptors (Lipinski definition) is 5. The van der Waals surface area contributed by atoms with Crippen molar-refractivity contribution in [2.45, 2.75) is 39.8 Å². The molecule has 18 heavy (non-hydrogen) atoms. The van der Waals surface area contributed by atoms with Crippen LogP contribution < -0.4 is 5.32 Å². The largest absolute Gasteiger partial charge is 0.492 e. The van der Waals surface area contributed by atoms with Gasteiger partial charge in [-0.05, 0) is 43.1 Å². The van der Waals surface area contributed by atoms with Gasteiger partial charge in [0, 0.05) is 26.6 Å². The Labute approximate surface area is 114 Å². The molecule has 1 rings (SSSR count). The standard InChI is InChI=1S/C10H18BrN5O2/c1-7(5-12-10(2,3)4)6-15-8(11)13-9(14-15)16(17)18/h7,12H,5-6H2,1-4H3. The Hall–Kier alpha value is -1.02. The summed E-state index contributed by atoms with van der Waals surface area (Å²) in [5.74, 6) is -0.0836. The summed E-state index contributed by atoms with van der Waals surface area (Å²) in [5, 5.41) is 17.7. The first-order chi connectivity index (χ1) is 8.19. The van der Waals surface area contributed by atoms with Crippen molar-refractivity contribution in [2.75, 3.05) is 6.54 Å². The molecule has 0 fully saturated rings. The number of nitrogens with one attached hydrogen (secondary N) is 1. The molecule has 0 aliphatic rings. The summed E-state index contributed by atoms with van der Waals surface area (Å²) in [5.41, 5.74) is 0.0554. The molecule has 1 aromatic heterocycles. The van der Waals surface area contributed by atoms with Crippen LogP contribution in [0.15, 0.2) is 4.73 Å². The molecule has 1 unspecified atom stereocenters. The third-order valence-electron chi connectivity index (χ3n) is 2.24. The molecule has 0 aromatic carbocycles. The van der Waals surface area contributed by atoms with Crippen LogP contribution in [0.1, 0.15) is 27.7 Å². The van der Waals surface area contributed by atoms with Gasteiger partial charge in [0.25, 0.3) is 4.73 Å². The molecule has 1 atom stereocenters. The molecule has 102 valence electrons. The highest BCUT2D eigenvalue weighted by molar-refractivity contribution is 9.10. The van der Waals surface area contributed by atoms with E-state index in [1.807, 2.05) is 0 Å². The summed E-state index contributed by atoms with van der Waals surface area (Å²) in [4.78, 5) is 13.7. The van der Waals surface area contributed by atoms with Gasteiger partial charge in [-0.25, -0.2) is 0 Å². The van der Waals surface area contributed by atoms with Gasteiger partial charge in [-0.15, -0.1) is 0 Å². The van der Waals surface area contributed by atoms with E-state index in [1.54, 1.807) is 0 Å². The van der Waals surface area contributed by atoms with E-state index in [2.05, 4.69) is 59.0 Å². The molecule has 8 heteroatoms. The average Bonchev–Trinajstić information content (AvgIpc) is 2.57. The number of hydrogen-bond donors (Lipinski definition) is 1. The Morgan fingerprint density at radius 3 is 2.61 bits per heavy atom. The van der Waals surface area contributed by atoms with Gasteiger partial charge in [-0.3, -0.25) is 0 Å². The Bertz CT molecular complexity index is 426. The van der Waals surface area contributed by atoms with Gasteiger partial charge in [0.15, 0.2) is 0 Å². The average molecular weight is 320 g/mol. The van der Waals surface area contributed by atoms with Crippen molar-refractivity contribution in [1.29, 1.82) is 0 Å². The predicted octanol–water partition coefficient (Wildman–Crippen LogP) is 1.97. The Morgan fingerprint density at radius 2 is 2.17 bits per heavy atom. The first-order valence-corrected chi connectivity index (χ1v) is 6.48. The van der Waals surface area contributed by atoms with Crippen LogP contribution in [-0.2, 0) is 6.54 Å². The molecule has 0 radical (unpaired) electrons. The van der Waals surface area contributed by atoms with Crippen molar-refractivity contribution in [3.63, 3.8) is 0 Å². The van der Waals surface area contributed by atoms with Gasteiger partial charge >= 0.3 is 5.95 Å². The smallest absolute Gasteiger partial charge is 0.390 e. The van der Waals surface area contributed by atoms with E-state index in [-0.39, 0.29) is 11.5 Å². The van der Waals surface area contributed by atoms with Crippen LogP contribution in [0.4, 0.5) is 5.95 Å². The zero-order chi connectivity index (χ0) is 13.9. The van der Waals surface area contributed by atoms with Crippen LogP contribution in [0.3, 0.4) is 0 Å². The lowest BCUT2D eigenvalue weighted by Crippen LogP contribution is -2.39. The summed E-state index contributed by atoms with van der Waals surface area (Å²) in [6, 6.07) is 0. The normalized spacial score (nSPS) is 13.6. The van der Waals surface area contributed by atoms with Crippen LogP contribution in [0.2, 0.25) is 0 Å². The number of halogens is 1. The molecule has 0 saturated carbocycles. The van der Waals surface area contributed by atoms with Gasteiger partial charge in [0.05, 0.1) is 6.54 Å². The van der Waals surface area contributed by atoms with Crippen molar-refractivity contribution < 1.29 is 4.92 Å². The summed E-state index contributed by atoms with van der Waals surface area (Å²) in [6.45, 7) is 9.72. The number of aromatic nitrogens is 3. The summed E-state index contributed by atoms with van der Waals surface area (Å²) < 4.78 is 1.89. The first kappa shape index (κ1) is 15.0. The van der Waals surface area contributed by atoms with Crippen LogP contribution in [0.25, 0.3) is 0 Å². The van der Waals surface area contributed by atoms with Gasteiger partial charge in [0.2, 0.25) is 0 Å². The lowest BCUT2D eigenvalue weighted by molar-refractivity contribution is -0.394. The van der Waals surface area contributed by atoms with E-state index in [0.717, 1.165) is 6.54 Å². The highest BCUT2D eigenvalue weighted by Crippen LogP contribution is 2.14. The van der Waals surface area contributed by atoms with Crippen molar-refractivity contribution in [3.8, 4) is 0 Å². The fraction of sp³-hybridized carbons (Fsp3) is 0.800. The summed E-state index contributed by atoms with van der Waals surface area (Å²) >= 11 is 3.17. The van der Waals surface area contributed by atoms with Crippen LogP contribution in [0, 0.1) is 16.0 Å². The van der Waals surface area contributed by atoms with Gasteiger partial charge < -0.3 is 15.4 Å². The molecule has 0 spiro atoms. The molecule has 0 aliphatic carbocycles. The van der Waals surface area contributed by atoms with Gasteiger partial charge in [-0.1, -0.05) is 6.92 Å². The van der Waals surface area contributed by atoms with Crippen molar-refractivity contribution in [2.24, 2.45) is 5.92 Å². The molecular formula is C10H18BrN5O2. The SMILES string of the molecule is CC(CNC(C)(C)C)Cn1nc([N+](=O)[O-])nc1Br. The molecule has 7 nitrogen and oxygen atoms in total. The predicted molar refractivity (Wildman–Crippen MR) is 71.3 cm³/mol. The quantitative estimate of drug-likeness (QED) is 0.662. The second kappa shape index (κ2) is 5.75. The van der Waals surface area contributed by atoms with E-state index in [9.17, 15) is 10.1 Å². The first-order valence-electron chi connectivity index (χ1n) is 5.69. The maximum absolute atomic E-state index is 10.5. The van der Waals surface area contributed by atoms with E-state index in [4.69, 9.17) is 0 Å². The third-order valence-corrected chi connectivity index (χ3v) is 2.83. The lowest BCUT2D eigenvalue weighted by Gasteiger charge is -2.23. The summed E-state index contributed by atoms with van der Waals surface area (Å²) in [7, 11) is 0. The minimum atomic E-state index is -0.598. The van der Waals surface area contributed by atoms with Crippen molar-refractivity contribution in [1.82, 2.24) is 20.1 Å². The van der Waals surface area contributed by atoms with E-state index in [1.165, 1.54) is 4.68 Å². The zero-order valence-corrected chi connectivity index (χ0v) is 12.6. The second-order valence-electron chi connectivity index (χ2n) is 5.36. The highest BCUT2D eigenvalue weighted by Gasteiger charge is 2.21. The maximum Gasteiger partial charge on any atom is 0.492 e. The Kier molecular flexibility index (Phi) is 4.80. The van der Waals surface area contributed by atoms with E-state index < -0.39 is 4.92 Å². The van der Waals surface area contributed by atoms with Crippen molar-refractivity contribution in [3.05, 3.63) is 14.8 Å². The second-order valence-corrected chi connectivity index (χ2v) is 6.07. The summed E-state index contributed by atoms with van der Waals surface area (Å²) in [6.07, 6.45) is 0. The zero-order valence-electron chi connectivity index (χ0n) is 11.0. The van der Waals surface area contributed by atoms with Crippen LogP contribution in [-0.4, -0.2) is 31.8 Å². The topological polar surface area (TPSA) is 85.9 Å². The fourth-order valence-electron chi connectivity index (χ4n) is 1.35.